The third-order valence-electron chi connectivity index (χ3n) is 1.62. The van der Waals surface area contributed by atoms with Crippen LogP contribution in [0.15, 0.2) is 12.7 Å². The standard InChI is InChI=1S/C9H17FO/c1-5-9(3,10)6-8(2)7-11-4/h5,8H,1,6-7H2,2-4H3/t8-,9?/m0/s1. The van der Waals surface area contributed by atoms with Crippen molar-refractivity contribution in [1.29, 1.82) is 0 Å². The normalized spacial score (nSPS) is 18.9. The average Bonchev–Trinajstić information content (AvgIpc) is 1.87. The number of allylic oxidation sites excluding steroid dienone is 1. The molecule has 0 heterocycles. The van der Waals surface area contributed by atoms with Gasteiger partial charge in [0.2, 0.25) is 0 Å². The van der Waals surface area contributed by atoms with Crippen molar-refractivity contribution in [2.75, 3.05) is 13.7 Å². The van der Waals surface area contributed by atoms with Crippen molar-refractivity contribution >= 4 is 0 Å². The number of methoxy groups -OCH3 is 1. The molecule has 0 aromatic carbocycles. The van der Waals surface area contributed by atoms with Crippen molar-refractivity contribution in [3.05, 3.63) is 12.7 Å². The second kappa shape index (κ2) is 4.50. The number of alkyl halides is 1. The Hall–Kier alpha value is -0.370. The zero-order valence-corrected chi connectivity index (χ0v) is 7.56. The van der Waals surface area contributed by atoms with E-state index in [1.807, 2.05) is 6.92 Å². The lowest BCUT2D eigenvalue weighted by Gasteiger charge is -2.19. The van der Waals surface area contributed by atoms with Gasteiger partial charge in [-0.15, -0.1) is 0 Å². The van der Waals surface area contributed by atoms with Crippen molar-refractivity contribution in [3.8, 4) is 0 Å². The van der Waals surface area contributed by atoms with Gasteiger partial charge in [-0.2, -0.15) is 0 Å². The monoisotopic (exact) mass is 160 g/mol. The maximum absolute atomic E-state index is 13.2. The first-order chi connectivity index (χ1) is 5.02. The summed E-state index contributed by atoms with van der Waals surface area (Å²) in [4.78, 5) is 0. The van der Waals surface area contributed by atoms with Crippen LogP contribution in [0.2, 0.25) is 0 Å². The summed E-state index contributed by atoms with van der Waals surface area (Å²) in [6.45, 7) is 7.53. The molecule has 2 atom stereocenters. The van der Waals surface area contributed by atoms with Crippen LogP contribution in [-0.4, -0.2) is 19.4 Å². The SMILES string of the molecule is C=CC(C)(F)C[C@H](C)COC. The predicted molar refractivity (Wildman–Crippen MR) is 45.4 cm³/mol. The van der Waals surface area contributed by atoms with Gasteiger partial charge in [0.05, 0.1) is 0 Å². The maximum atomic E-state index is 13.2. The molecule has 0 bridgehead atoms. The van der Waals surface area contributed by atoms with Crippen LogP contribution in [0.1, 0.15) is 20.3 Å². The molecule has 0 aliphatic heterocycles. The van der Waals surface area contributed by atoms with Gasteiger partial charge < -0.3 is 4.74 Å². The molecule has 1 nitrogen and oxygen atoms in total. The molecule has 0 aliphatic rings. The van der Waals surface area contributed by atoms with E-state index in [0.717, 1.165) is 0 Å². The fourth-order valence-corrected chi connectivity index (χ4v) is 1.11. The van der Waals surface area contributed by atoms with E-state index in [2.05, 4.69) is 6.58 Å². The summed E-state index contributed by atoms with van der Waals surface area (Å²) in [6, 6.07) is 0. The van der Waals surface area contributed by atoms with E-state index >= 15 is 0 Å². The molecule has 0 N–H and O–H groups in total. The summed E-state index contributed by atoms with van der Waals surface area (Å²) in [5.41, 5.74) is -1.25. The van der Waals surface area contributed by atoms with E-state index in [1.54, 1.807) is 7.11 Å². The summed E-state index contributed by atoms with van der Waals surface area (Å²) in [6.07, 6.45) is 1.82. The highest BCUT2D eigenvalue weighted by molar-refractivity contribution is 4.93. The first-order valence-corrected chi connectivity index (χ1v) is 3.83. The highest BCUT2D eigenvalue weighted by atomic mass is 19.1. The Morgan fingerprint density at radius 3 is 2.64 bits per heavy atom. The Balaban J connectivity index is 3.72. The molecule has 0 radical (unpaired) electrons. The average molecular weight is 160 g/mol. The Morgan fingerprint density at radius 2 is 2.27 bits per heavy atom. The molecule has 0 aromatic rings. The molecule has 1 unspecified atom stereocenters. The molecule has 0 amide bonds. The first kappa shape index (κ1) is 10.6. The molecule has 11 heavy (non-hydrogen) atoms. The van der Waals surface area contributed by atoms with Gasteiger partial charge in [0.15, 0.2) is 0 Å². The molecule has 0 saturated carbocycles. The lowest BCUT2D eigenvalue weighted by Crippen LogP contribution is -2.20. The van der Waals surface area contributed by atoms with Crippen LogP contribution in [0, 0.1) is 5.92 Å². The number of hydrogen-bond donors (Lipinski definition) is 0. The van der Waals surface area contributed by atoms with Gasteiger partial charge in [-0.05, 0) is 19.3 Å². The minimum absolute atomic E-state index is 0.244. The lowest BCUT2D eigenvalue weighted by molar-refractivity contribution is 0.121. The number of rotatable bonds is 5. The summed E-state index contributed by atoms with van der Waals surface area (Å²) >= 11 is 0. The van der Waals surface area contributed by atoms with Gasteiger partial charge >= 0.3 is 0 Å². The first-order valence-electron chi connectivity index (χ1n) is 3.83. The summed E-state index contributed by atoms with van der Waals surface area (Å²) < 4.78 is 18.1. The van der Waals surface area contributed by atoms with Crippen molar-refractivity contribution in [2.45, 2.75) is 25.9 Å². The van der Waals surface area contributed by atoms with Crippen LogP contribution in [0.25, 0.3) is 0 Å². The highest BCUT2D eigenvalue weighted by Crippen LogP contribution is 2.21. The third kappa shape index (κ3) is 4.96. The largest absolute Gasteiger partial charge is 0.384 e. The fraction of sp³-hybridized carbons (Fsp3) is 0.778. The summed E-state index contributed by atoms with van der Waals surface area (Å²) in [7, 11) is 1.62. The van der Waals surface area contributed by atoms with E-state index in [4.69, 9.17) is 4.74 Å². The maximum Gasteiger partial charge on any atom is 0.126 e. The summed E-state index contributed by atoms with van der Waals surface area (Å²) in [5, 5.41) is 0. The van der Waals surface area contributed by atoms with E-state index in [9.17, 15) is 4.39 Å². The quantitative estimate of drug-likeness (QED) is 0.562. The topological polar surface area (TPSA) is 9.23 Å². The second-order valence-corrected chi connectivity index (χ2v) is 3.25. The van der Waals surface area contributed by atoms with Crippen LogP contribution in [0.4, 0.5) is 4.39 Å². The summed E-state index contributed by atoms with van der Waals surface area (Å²) in [5.74, 6) is 0.244. The van der Waals surface area contributed by atoms with Crippen molar-refractivity contribution < 1.29 is 9.13 Å². The Labute approximate surface area is 68.2 Å². The van der Waals surface area contributed by atoms with E-state index in [0.29, 0.717) is 13.0 Å². The number of halogens is 1. The van der Waals surface area contributed by atoms with Crippen molar-refractivity contribution in [3.63, 3.8) is 0 Å². The minimum atomic E-state index is -1.25. The molecule has 0 rings (SSSR count). The smallest absolute Gasteiger partial charge is 0.126 e. The zero-order chi connectivity index (χ0) is 8.91. The Morgan fingerprint density at radius 1 is 1.73 bits per heavy atom. The van der Waals surface area contributed by atoms with Crippen LogP contribution in [0.5, 0.6) is 0 Å². The van der Waals surface area contributed by atoms with Crippen molar-refractivity contribution in [2.24, 2.45) is 5.92 Å². The van der Waals surface area contributed by atoms with Crippen LogP contribution in [-0.2, 0) is 4.74 Å². The predicted octanol–water partition coefficient (Wildman–Crippen LogP) is 2.57. The molecular weight excluding hydrogens is 143 g/mol. The van der Waals surface area contributed by atoms with Crippen LogP contribution in [0.3, 0.4) is 0 Å². The van der Waals surface area contributed by atoms with Crippen molar-refractivity contribution in [1.82, 2.24) is 0 Å². The fourth-order valence-electron chi connectivity index (χ4n) is 1.11. The molecule has 0 saturated heterocycles. The minimum Gasteiger partial charge on any atom is -0.384 e. The van der Waals surface area contributed by atoms with Gasteiger partial charge in [-0.25, -0.2) is 4.39 Å². The van der Waals surface area contributed by atoms with Gasteiger partial charge in [0, 0.05) is 13.7 Å². The molecule has 66 valence electrons. The molecule has 0 aromatic heterocycles. The van der Waals surface area contributed by atoms with Crippen LogP contribution < -0.4 is 0 Å². The van der Waals surface area contributed by atoms with E-state index < -0.39 is 5.67 Å². The third-order valence-corrected chi connectivity index (χ3v) is 1.62. The Bertz CT molecular complexity index is 121. The molecule has 0 fully saturated rings. The molecule has 0 spiro atoms. The molecule has 0 aliphatic carbocycles. The van der Waals surface area contributed by atoms with Gasteiger partial charge in [-0.3, -0.25) is 0 Å². The number of hydrogen-bond acceptors (Lipinski definition) is 1. The van der Waals surface area contributed by atoms with Crippen LogP contribution >= 0.6 is 0 Å². The Kier molecular flexibility index (Phi) is 4.34. The second-order valence-electron chi connectivity index (χ2n) is 3.25. The zero-order valence-electron chi connectivity index (χ0n) is 7.56. The number of ether oxygens (including phenoxy) is 1. The lowest BCUT2D eigenvalue weighted by atomic mass is 9.95. The van der Waals surface area contributed by atoms with Gasteiger partial charge in [-0.1, -0.05) is 19.6 Å². The highest BCUT2D eigenvalue weighted by Gasteiger charge is 2.21. The van der Waals surface area contributed by atoms with E-state index in [1.165, 1.54) is 13.0 Å². The van der Waals surface area contributed by atoms with Gasteiger partial charge in [0.25, 0.3) is 0 Å². The molecular formula is C9H17FO. The molecule has 2 heteroatoms. The van der Waals surface area contributed by atoms with Gasteiger partial charge in [0.1, 0.15) is 5.67 Å². The van der Waals surface area contributed by atoms with E-state index in [-0.39, 0.29) is 5.92 Å².